The van der Waals surface area contributed by atoms with Gasteiger partial charge in [-0.15, -0.1) is 5.10 Å². The summed E-state index contributed by atoms with van der Waals surface area (Å²) in [5, 5.41) is 33.2. The number of ketones is 1. The highest BCUT2D eigenvalue weighted by Crippen LogP contribution is 2.40. The van der Waals surface area contributed by atoms with E-state index in [-0.39, 0.29) is 36.8 Å². The molecule has 0 aliphatic carbocycles. The van der Waals surface area contributed by atoms with E-state index in [1.165, 1.54) is 13.2 Å². The first kappa shape index (κ1) is 52.7. The minimum absolute atomic E-state index is 0.0496. The van der Waals surface area contributed by atoms with Gasteiger partial charge in [-0.25, -0.2) is 4.79 Å². The summed E-state index contributed by atoms with van der Waals surface area (Å²) in [7, 11) is 3.33. The third-order valence-electron chi connectivity index (χ3n) is 13.0. The van der Waals surface area contributed by atoms with Gasteiger partial charge >= 0.3 is 12.1 Å². The first-order valence-electron chi connectivity index (χ1n) is 22.3. The van der Waals surface area contributed by atoms with E-state index in [9.17, 15) is 28.6 Å². The molecule has 2 aromatic rings. The summed E-state index contributed by atoms with van der Waals surface area (Å²) in [6.45, 7) is 16.3. The van der Waals surface area contributed by atoms with Crippen LogP contribution in [0.3, 0.4) is 0 Å². The number of methoxy groups -OCH3 is 1. The Morgan fingerprint density at radius 3 is 2.48 bits per heavy atom. The summed E-state index contributed by atoms with van der Waals surface area (Å²) in [5.41, 5.74) is 5.85. The summed E-state index contributed by atoms with van der Waals surface area (Å²) >= 11 is 0.250. The van der Waals surface area contributed by atoms with E-state index in [1.54, 1.807) is 35.6 Å². The first-order valence-corrected chi connectivity index (χ1v) is 23.4. The van der Waals surface area contributed by atoms with Crippen molar-refractivity contribution in [1.29, 1.82) is 5.26 Å². The molecule has 358 valence electrons. The lowest BCUT2D eigenvalue weighted by atomic mass is 9.78. The van der Waals surface area contributed by atoms with Crippen LogP contribution in [0, 0.1) is 29.1 Å². The summed E-state index contributed by atoms with van der Waals surface area (Å²) in [6, 6.07) is 8.32. The van der Waals surface area contributed by atoms with Gasteiger partial charge in [-0.2, -0.15) is 9.15 Å². The van der Waals surface area contributed by atoms with Crippen LogP contribution < -0.4 is 11.1 Å². The van der Waals surface area contributed by atoms with E-state index in [0.717, 1.165) is 11.3 Å². The van der Waals surface area contributed by atoms with Gasteiger partial charge < -0.3 is 39.8 Å². The Labute approximate surface area is 382 Å². The number of aliphatic hydroxyl groups is 1. The number of aliphatic hydroxyl groups excluding tert-OH is 1. The summed E-state index contributed by atoms with van der Waals surface area (Å²) in [5.74, 6) is -3.36. The van der Waals surface area contributed by atoms with Gasteiger partial charge in [-0.05, 0) is 98.4 Å². The van der Waals surface area contributed by atoms with Crippen LogP contribution in [0.15, 0.2) is 30.5 Å². The Morgan fingerprint density at radius 1 is 1.16 bits per heavy atom. The van der Waals surface area contributed by atoms with Gasteiger partial charge in [-0.1, -0.05) is 38.1 Å². The maximum Gasteiger partial charge on any atom is 0.410 e. The minimum Gasteiger partial charge on any atom is -0.458 e. The number of nitrogen functional groups attached to an aromatic ring is 1. The summed E-state index contributed by atoms with van der Waals surface area (Å²) in [6.07, 6.45) is 0.877. The Balaban J connectivity index is 0.00000291. The van der Waals surface area contributed by atoms with Crippen molar-refractivity contribution in [1.82, 2.24) is 30.1 Å². The van der Waals surface area contributed by atoms with Crippen molar-refractivity contribution >= 4 is 35.7 Å². The second kappa shape index (κ2) is 23.5. The molecule has 0 radical (unpaired) electrons. The number of ether oxygens (including phenoxy) is 5. The number of hydrogen-bond donors (Lipinski definition) is 3. The molecule has 3 saturated heterocycles. The maximum atomic E-state index is 14.4. The number of nitrogens with zero attached hydrogens (tertiary/aromatic N) is 6. The topological polar surface area (TPSA) is 217 Å². The number of halogens is 1. The van der Waals surface area contributed by atoms with Crippen LogP contribution in [0.5, 0.6) is 0 Å². The molecule has 3 unspecified atom stereocenters. The molecule has 0 spiro atoms. The van der Waals surface area contributed by atoms with Crippen LogP contribution in [0.4, 0.5) is 14.4 Å². The van der Waals surface area contributed by atoms with E-state index >= 15 is 0 Å². The largest absolute Gasteiger partial charge is 0.458 e. The SMILES string of the molecule is CC[C@H]1OC(=O)[C@H](C)C(=O)[C@H](C)[C@@H](O[C@@H]2OC(C)CC(N(C)CC#N)C2O)[C@](C)(OC)C[C@@H](C)CN[C@H](C)[C@H]2N(CCCCn3cc(-c4cccc(N)c4)nn3)C(=O)O[C@]12C.CSF. The zero-order chi connectivity index (χ0) is 47.5. The van der Waals surface area contributed by atoms with Crippen molar-refractivity contribution in [3.8, 4) is 17.3 Å². The number of nitrogens with one attached hydrogen (secondary N) is 1. The van der Waals surface area contributed by atoms with Crippen LogP contribution in [0.1, 0.15) is 87.5 Å². The van der Waals surface area contributed by atoms with Gasteiger partial charge in [0, 0.05) is 67.9 Å². The summed E-state index contributed by atoms with van der Waals surface area (Å²) in [4.78, 5) is 45.8. The highest BCUT2D eigenvalue weighted by atomic mass is 32.2. The van der Waals surface area contributed by atoms with Crippen LogP contribution in [0.25, 0.3) is 11.3 Å². The van der Waals surface area contributed by atoms with Gasteiger partial charge in [-0.3, -0.25) is 24.1 Å². The first-order chi connectivity index (χ1) is 30.3. The van der Waals surface area contributed by atoms with Gasteiger partial charge in [0.05, 0.1) is 42.7 Å². The normalized spacial score (nSPS) is 34.1. The predicted octanol–water partition coefficient (Wildman–Crippen LogP) is 5.41. The third kappa shape index (κ3) is 12.5. The molecule has 3 aliphatic rings. The molecule has 0 bridgehead atoms. The number of nitrogens with two attached hydrogens (primary N) is 1. The Kier molecular flexibility index (Phi) is 19.4. The van der Waals surface area contributed by atoms with Crippen LogP contribution in [-0.2, 0) is 39.8 Å². The number of amides is 1. The molecular formula is C45H71FN8O9S. The fourth-order valence-corrected chi connectivity index (χ4v) is 9.61. The lowest BCUT2D eigenvalue weighted by Crippen LogP contribution is -2.61. The minimum atomic E-state index is -1.25. The second-order valence-corrected chi connectivity index (χ2v) is 18.4. The van der Waals surface area contributed by atoms with Gasteiger partial charge in [0.25, 0.3) is 0 Å². The highest BCUT2D eigenvalue weighted by Gasteiger charge is 2.58. The number of fused-ring (bicyclic) bond motifs is 1. The molecule has 0 saturated carbocycles. The van der Waals surface area contributed by atoms with E-state index in [2.05, 4.69) is 28.6 Å². The molecule has 19 heteroatoms. The van der Waals surface area contributed by atoms with Crippen molar-refractivity contribution in [3.63, 3.8) is 0 Å². The molecule has 3 fully saturated rings. The number of benzene rings is 1. The standard InChI is InChI=1S/C44H68N8O9.CH3FS/c1-11-35-44(8)38(52(42(56)61-44)19-13-12-18-51-25-33(48-49-51)31-15-14-16-32(46)22-31)30(6)47-24-26(2)23-43(7,57-10)39(28(4)36(53)29(5)40(55)59-35)60-41-37(54)34(21-27(3)58-41)50(9)20-17-45;1-3-2/h14-16,22,25-30,34-35,37-39,41,47,54H,11-13,18-21,23-24,46H2,1-10H3;1H3/t26-,27?,28+,29-,30-,34?,35-,37?,38-,39-,41+,43-,44-;/m1./s1. The molecule has 17 nitrogen and oxygen atoms in total. The van der Waals surface area contributed by atoms with Crippen molar-refractivity contribution in [2.45, 2.75) is 154 Å². The van der Waals surface area contributed by atoms with E-state index in [4.69, 9.17) is 29.4 Å². The zero-order valence-electron chi connectivity index (χ0n) is 39.4. The lowest BCUT2D eigenvalue weighted by molar-refractivity contribution is -0.295. The molecule has 1 amide bonds. The number of hydrogen-bond acceptors (Lipinski definition) is 16. The lowest BCUT2D eigenvalue weighted by Gasteiger charge is -2.47. The summed E-state index contributed by atoms with van der Waals surface area (Å²) < 4.78 is 43.5. The molecule has 1 aromatic heterocycles. The number of carbonyl (C=O) groups is 3. The number of aromatic nitrogens is 3. The van der Waals surface area contributed by atoms with Crippen LogP contribution in [0.2, 0.25) is 0 Å². The highest BCUT2D eigenvalue weighted by molar-refractivity contribution is 7.93. The molecule has 4 heterocycles. The molecular weight excluding hydrogens is 848 g/mol. The number of nitriles is 1. The predicted molar refractivity (Wildman–Crippen MR) is 241 cm³/mol. The number of aryl methyl sites for hydroxylation is 1. The van der Waals surface area contributed by atoms with Crippen molar-refractivity contribution in [3.05, 3.63) is 30.5 Å². The molecule has 1 aromatic carbocycles. The third-order valence-corrected chi connectivity index (χ3v) is 13.0. The number of likely N-dealkylation sites (N-methyl/N-ethyl adjacent to an activating group) is 1. The molecule has 5 rings (SSSR count). The van der Waals surface area contributed by atoms with E-state index < -0.39 is 77.6 Å². The molecule has 4 N–H and O–H groups in total. The average Bonchev–Trinajstić information content (AvgIpc) is 3.83. The number of carbonyl (C=O) groups excluding carboxylic acids is 3. The number of unbranched alkanes of at least 4 members (excludes halogenated alkanes) is 1. The van der Waals surface area contributed by atoms with E-state index in [0.29, 0.717) is 57.4 Å². The van der Waals surface area contributed by atoms with Gasteiger partial charge in [0.2, 0.25) is 0 Å². The van der Waals surface area contributed by atoms with Crippen LogP contribution in [-0.4, -0.2) is 148 Å². The Bertz CT molecular complexity index is 1890. The van der Waals surface area contributed by atoms with Crippen molar-refractivity contribution in [2.24, 2.45) is 17.8 Å². The number of esters is 1. The van der Waals surface area contributed by atoms with Gasteiger partial charge in [0.15, 0.2) is 17.7 Å². The van der Waals surface area contributed by atoms with Gasteiger partial charge in [0.1, 0.15) is 23.8 Å². The smallest absolute Gasteiger partial charge is 0.410 e. The zero-order valence-corrected chi connectivity index (χ0v) is 40.2. The fraction of sp³-hybridized carbons (Fsp3) is 0.733. The fourth-order valence-electron chi connectivity index (χ4n) is 9.61. The molecule has 13 atom stereocenters. The average molecular weight is 919 g/mol. The Hall–Kier alpha value is -3.90. The number of cyclic esters (lactones) is 1. The quantitative estimate of drug-likeness (QED) is 0.0797. The maximum absolute atomic E-state index is 14.4. The van der Waals surface area contributed by atoms with E-state index in [1.807, 2.05) is 65.1 Å². The van der Waals surface area contributed by atoms with Crippen molar-refractivity contribution in [2.75, 3.05) is 45.8 Å². The number of rotatable bonds is 12. The second-order valence-electron chi connectivity index (χ2n) is 18.1. The number of Topliss-reactive ketones (excluding diaryl/α,β-unsaturated/α-hetero) is 1. The molecule has 3 aliphatic heterocycles. The molecule has 64 heavy (non-hydrogen) atoms. The van der Waals surface area contributed by atoms with Crippen molar-refractivity contribution < 1.29 is 47.1 Å². The monoisotopic (exact) mass is 919 g/mol. The number of anilines is 1. The Morgan fingerprint density at radius 2 is 1.84 bits per heavy atom. The van der Waals surface area contributed by atoms with Crippen LogP contribution >= 0.6 is 12.1 Å².